The Morgan fingerprint density at radius 1 is 1.32 bits per heavy atom. The van der Waals surface area contributed by atoms with Gasteiger partial charge in [0.2, 0.25) is 5.91 Å². The van der Waals surface area contributed by atoms with Crippen molar-refractivity contribution in [3.8, 4) is 0 Å². The van der Waals surface area contributed by atoms with Crippen LogP contribution < -0.4 is 11.1 Å². The summed E-state index contributed by atoms with van der Waals surface area (Å²) in [7, 11) is 1.71. The highest BCUT2D eigenvalue weighted by molar-refractivity contribution is 5.79. The molecule has 3 N–H and O–H groups in total. The van der Waals surface area contributed by atoms with Crippen LogP contribution in [0.4, 0.5) is 0 Å². The molecule has 19 heavy (non-hydrogen) atoms. The molecule has 0 aromatic carbocycles. The Morgan fingerprint density at radius 2 is 1.95 bits per heavy atom. The fourth-order valence-corrected chi connectivity index (χ4v) is 2.02. The maximum atomic E-state index is 11.4. The topological polar surface area (TPSA) is 67.6 Å². The summed E-state index contributed by atoms with van der Waals surface area (Å²) >= 11 is 0. The first-order chi connectivity index (χ1) is 8.92. The zero-order valence-electron chi connectivity index (χ0n) is 13.1. The maximum Gasteiger partial charge on any atom is 0.234 e. The van der Waals surface area contributed by atoms with Gasteiger partial charge in [-0.05, 0) is 19.8 Å². The lowest BCUT2D eigenvalue weighted by molar-refractivity contribution is -0.120. The lowest BCUT2D eigenvalue weighted by atomic mass is 10.1. The molecule has 0 bridgehead atoms. The van der Waals surface area contributed by atoms with Crippen LogP contribution in [0.3, 0.4) is 0 Å². The van der Waals surface area contributed by atoms with Crippen LogP contribution in [0, 0.1) is 0 Å². The molecule has 0 aromatic rings. The van der Waals surface area contributed by atoms with E-state index < -0.39 is 0 Å². The summed E-state index contributed by atoms with van der Waals surface area (Å²) in [6.07, 6.45) is 1.82. The molecule has 0 saturated heterocycles. The normalized spacial score (nSPS) is 14.9. The monoisotopic (exact) mass is 273 g/mol. The Bertz CT molecular complexity index is 247. The molecule has 0 saturated carbocycles. The molecule has 0 aliphatic heterocycles. The van der Waals surface area contributed by atoms with Gasteiger partial charge in [0.05, 0.1) is 12.6 Å². The van der Waals surface area contributed by atoms with Crippen molar-refractivity contribution in [3.05, 3.63) is 0 Å². The van der Waals surface area contributed by atoms with Crippen molar-refractivity contribution in [2.75, 3.05) is 26.8 Å². The summed E-state index contributed by atoms with van der Waals surface area (Å²) in [5.41, 5.74) is 5.44. The molecular weight excluding hydrogens is 242 g/mol. The van der Waals surface area contributed by atoms with E-state index in [2.05, 4.69) is 24.1 Å². The molecule has 0 rings (SSSR count). The van der Waals surface area contributed by atoms with Crippen molar-refractivity contribution in [2.45, 2.75) is 58.7 Å². The first-order valence-electron chi connectivity index (χ1n) is 7.20. The number of nitrogens with zero attached hydrogens (tertiary/aromatic N) is 1. The highest BCUT2D eigenvalue weighted by Gasteiger charge is 2.19. The zero-order chi connectivity index (χ0) is 14.8. The van der Waals surface area contributed by atoms with Crippen LogP contribution in [0.15, 0.2) is 0 Å². The number of amides is 1. The third kappa shape index (κ3) is 8.18. The van der Waals surface area contributed by atoms with Crippen molar-refractivity contribution < 1.29 is 9.53 Å². The van der Waals surface area contributed by atoms with Gasteiger partial charge in [0, 0.05) is 32.3 Å². The molecule has 0 spiro atoms. The number of hydrogen-bond donors (Lipinski definition) is 2. The van der Waals surface area contributed by atoms with Crippen molar-refractivity contribution in [1.82, 2.24) is 10.2 Å². The Hall–Kier alpha value is -0.650. The van der Waals surface area contributed by atoms with Crippen LogP contribution in [0.25, 0.3) is 0 Å². The average molecular weight is 273 g/mol. The van der Waals surface area contributed by atoms with E-state index in [0.29, 0.717) is 12.6 Å². The van der Waals surface area contributed by atoms with Crippen molar-refractivity contribution in [2.24, 2.45) is 5.73 Å². The minimum atomic E-state index is -0.274. The van der Waals surface area contributed by atoms with E-state index >= 15 is 0 Å². The summed E-state index contributed by atoms with van der Waals surface area (Å²) in [4.78, 5) is 13.8. The summed E-state index contributed by atoms with van der Waals surface area (Å²) in [5.74, 6) is -0.274. The second kappa shape index (κ2) is 10.2. The molecule has 5 heteroatoms. The van der Waals surface area contributed by atoms with Gasteiger partial charge in [-0.1, -0.05) is 20.8 Å². The maximum absolute atomic E-state index is 11.4. The van der Waals surface area contributed by atoms with Crippen LogP contribution in [0.2, 0.25) is 0 Å². The summed E-state index contributed by atoms with van der Waals surface area (Å²) in [5, 5.41) is 3.22. The van der Waals surface area contributed by atoms with Crippen molar-refractivity contribution >= 4 is 5.91 Å². The first-order valence-corrected chi connectivity index (χ1v) is 7.20. The smallest absolute Gasteiger partial charge is 0.234 e. The van der Waals surface area contributed by atoms with Crippen molar-refractivity contribution in [1.29, 1.82) is 0 Å². The number of primary amides is 1. The van der Waals surface area contributed by atoms with E-state index in [1.165, 1.54) is 0 Å². The van der Waals surface area contributed by atoms with Crippen LogP contribution in [-0.4, -0.2) is 55.7 Å². The summed E-state index contributed by atoms with van der Waals surface area (Å²) in [6, 6.07) is 0.491. The number of carbonyl (C=O) groups excluding carboxylic acids is 1. The fraction of sp³-hybridized carbons (Fsp3) is 0.929. The van der Waals surface area contributed by atoms with Crippen LogP contribution >= 0.6 is 0 Å². The summed E-state index contributed by atoms with van der Waals surface area (Å²) < 4.78 is 5.14. The van der Waals surface area contributed by atoms with Gasteiger partial charge in [0.25, 0.3) is 0 Å². The highest BCUT2D eigenvalue weighted by Crippen LogP contribution is 2.06. The predicted molar refractivity (Wildman–Crippen MR) is 79.1 cm³/mol. The third-order valence-electron chi connectivity index (χ3n) is 3.38. The molecule has 0 aliphatic rings. The number of hydrogen-bond acceptors (Lipinski definition) is 4. The predicted octanol–water partition coefficient (Wildman–Crippen LogP) is 0.975. The highest BCUT2D eigenvalue weighted by atomic mass is 16.5. The molecule has 114 valence electrons. The van der Waals surface area contributed by atoms with E-state index in [0.717, 1.165) is 25.9 Å². The molecule has 0 radical (unpaired) electrons. The van der Waals surface area contributed by atoms with E-state index in [9.17, 15) is 4.79 Å². The van der Waals surface area contributed by atoms with Gasteiger partial charge >= 0.3 is 0 Å². The fourth-order valence-electron chi connectivity index (χ4n) is 2.02. The number of rotatable bonds is 11. The van der Waals surface area contributed by atoms with Gasteiger partial charge in [-0.15, -0.1) is 0 Å². The van der Waals surface area contributed by atoms with Gasteiger partial charge in [0.15, 0.2) is 0 Å². The molecule has 0 heterocycles. The second-order valence-corrected chi connectivity index (χ2v) is 5.35. The molecular formula is C14H31N3O2. The third-order valence-corrected chi connectivity index (χ3v) is 3.38. The molecule has 0 aromatic heterocycles. The second-order valence-electron chi connectivity index (χ2n) is 5.35. The van der Waals surface area contributed by atoms with Crippen LogP contribution in [0.5, 0.6) is 0 Å². The van der Waals surface area contributed by atoms with Crippen LogP contribution in [-0.2, 0) is 9.53 Å². The quantitative estimate of drug-likeness (QED) is 0.589. The Morgan fingerprint density at radius 3 is 2.37 bits per heavy atom. The van der Waals surface area contributed by atoms with Gasteiger partial charge in [-0.3, -0.25) is 9.69 Å². The minimum absolute atomic E-state index is 0.255. The largest absolute Gasteiger partial charge is 0.383 e. The molecule has 0 fully saturated rings. The molecule has 2 atom stereocenters. The minimum Gasteiger partial charge on any atom is -0.383 e. The van der Waals surface area contributed by atoms with Gasteiger partial charge in [0.1, 0.15) is 0 Å². The van der Waals surface area contributed by atoms with E-state index in [1.807, 2.05) is 13.8 Å². The Balaban J connectivity index is 4.35. The van der Waals surface area contributed by atoms with Gasteiger partial charge in [-0.25, -0.2) is 0 Å². The number of ether oxygens (including phenoxy) is 1. The Labute approximate surface area is 117 Å². The van der Waals surface area contributed by atoms with E-state index in [-0.39, 0.29) is 18.0 Å². The summed E-state index contributed by atoms with van der Waals surface area (Å²) in [6.45, 7) is 10.9. The molecule has 5 nitrogen and oxygen atoms in total. The SMILES string of the molecule is CCC(C)N(CCOC)CCC(NC(C)C)C(N)=O. The van der Waals surface area contributed by atoms with Crippen LogP contribution in [0.1, 0.15) is 40.5 Å². The lowest BCUT2D eigenvalue weighted by Gasteiger charge is -2.29. The van der Waals surface area contributed by atoms with E-state index in [1.54, 1.807) is 7.11 Å². The number of nitrogens with two attached hydrogens (primary N) is 1. The first kappa shape index (κ1) is 18.4. The lowest BCUT2D eigenvalue weighted by Crippen LogP contribution is -2.47. The Kier molecular flexibility index (Phi) is 9.83. The van der Waals surface area contributed by atoms with Crippen molar-refractivity contribution in [3.63, 3.8) is 0 Å². The molecule has 1 amide bonds. The average Bonchev–Trinajstić information content (AvgIpc) is 2.35. The van der Waals surface area contributed by atoms with Gasteiger partial charge < -0.3 is 15.8 Å². The standard InChI is InChI=1S/C14H31N3O2/c1-6-12(4)17(9-10-19-5)8-7-13(14(15)18)16-11(2)3/h11-13,16H,6-10H2,1-5H3,(H2,15,18). The van der Waals surface area contributed by atoms with Gasteiger partial charge in [-0.2, -0.15) is 0 Å². The van der Waals surface area contributed by atoms with E-state index in [4.69, 9.17) is 10.5 Å². The zero-order valence-corrected chi connectivity index (χ0v) is 13.1. The number of nitrogens with one attached hydrogen (secondary N) is 1. The number of carbonyl (C=O) groups is 1. The number of methoxy groups -OCH3 is 1. The molecule has 0 aliphatic carbocycles. The molecule has 2 unspecified atom stereocenters.